The van der Waals surface area contributed by atoms with Crippen LogP contribution < -0.4 is 5.32 Å². The van der Waals surface area contributed by atoms with Crippen LogP contribution in [0.15, 0.2) is 24.3 Å². The number of carbonyl (C=O) groups is 1. The number of nitrogens with zero attached hydrogens (tertiary/aromatic N) is 1. The zero-order valence-electron chi connectivity index (χ0n) is 34.1. The van der Waals surface area contributed by atoms with Gasteiger partial charge in [-0.1, -0.05) is 160 Å². The molecule has 0 saturated carbocycles. The maximum atomic E-state index is 12.8. The van der Waals surface area contributed by atoms with E-state index in [1.54, 1.807) is 6.08 Å². The van der Waals surface area contributed by atoms with Crippen molar-refractivity contribution < 1.29 is 32.9 Å². The maximum absolute atomic E-state index is 12.8. The maximum Gasteiger partial charge on any atom is 0.472 e. The molecule has 0 bridgehead atoms. The quantitative estimate of drug-likeness (QED) is 0.0252. The molecule has 302 valence electrons. The van der Waals surface area contributed by atoms with Gasteiger partial charge in [-0.2, -0.15) is 0 Å². The Hall–Kier alpha value is -1.02. The molecule has 0 aliphatic heterocycles. The normalized spacial score (nSPS) is 14.7. The summed E-state index contributed by atoms with van der Waals surface area (Å²) >= 11 is 0. The molecule has 0 heterocycles. The molecule has 0 aliphatic rings. The second kappa shape index (κ2) is 34.7. The molecule has 3 atom stereocenters. The fraction of sp³-hybridized carbons (Fsp3) is 0.881. The summed E-state index contributed by atoms with van der Waals surface area (Å²) in [5.74, 6) is -0.194. The van der Waals surface area contributed by atoms with Crippen molar-refractivity contribution in [3.05, 3.63) is 24.3 Å². The molecule has 3 unspecified atom stereocenters. The minimum absolute atomic E-state index is 0.0597. The summed E-state index contributed by atoms with van der Waals surface area (Å²) in [7, 11) is 1.56. The molecule has 0 aromatic heterocycles. The summed E-state index contributed by atoms with van der Waals surface area (Å²) in [6.07, 6.45) is 39.5. The van der Waals surface area contributed by atoms with Gasteiger partial charge in [0, 0.05) is 6.42 Å². The van der Waals surface area contributed by atoms with Crippen molar-refractivity contribution in [2.24, 2.45) is 0 Å². The van der Waals surface area contributed by atoms with Gasteiger partial charge in [0.1, 0.15) is 13.2 Å². The number of hydrogen-bond donors (Lipinski definition) is 3. The topological polar surface area (TPSA) is 105 Å². The van der Waals surface area contributed by atoms with E-state index in [9.17, 15) is 19.4 Å². The molecule has 0 aromatic carbocycles. The first-order valence-electron chi connectivity index (χ1n) is 21.2. The van der Waals surface area contributed by atoms with Gasteiger partial charge in [0.25, 0.3) is 0 Å². The van der Waals surface area contributed by atoms with Gasteiger partial charge in [0.15, 0.2) is 0 Å². The van der Waals surface area contributed by atoms with Crippen molar-refractivity contribution in [1.82, 2.24) is 5.32 Å². The highest BCUT2D eigenvalue weighted by Gasteiger charge is 2.27. The Balaban J connectivity index is 4.49. The Morgan fingerprint density at radius 2 is 1.06 bits per heavy atom. The van der Waals surface area contributed by atoms with Crippen molar-refractivity contribution >= 4 is 13.7 Å². The molecule has 0 aromatic rings. The minimum Gasteiger partial charge on any atom is -0.387 e. The van der Waals surface area contributed by atoms with Crippen LogP contribution >= 0.6 is 7.82 Å². The zero-order chi connectivity index (χ0) is 37.9. The van der Waals surface area contributed by atoms with E-state index in [0.717, 1.165) is 51.4 Å². The summed E-state index contributed by atoms with van der Waals surface area (Å²) in [6.45, 7) is 4.79. The van der Waals surface area contributed by atoms with Crippen LogP contribution in [0.2, 0.25) is 0 Å². The second-order valence-electron chi connectivity index (χ2n) is 15.7. The molecular weight excluding hydrogens is 659 g/mol. The summed E-state index contributed by atoms with van der Waals surface area (Å²) in [5.41, 5.74) is 0. The largest absolute Gasteiger partial charge is 0.472 e. The van der Waals surface area contributed by atoms with Crippen LogP contribution in [0.1, 0.15) is 187 Å². The monoisotopic (exact) mass is 744 g/mol. The predicted octanol–water partition coefficient (Wildman–Crippen LogP) is 11.4. The van der Waals surface area contributed by atoms with Crippen molar-refractivity contribution in [2.45, 2.75) is 199 Å². The Kier molecular flexibility index (Phi) is 34.0. The van der Waals surface area contributed by atoms with E-state index in [1.807, 2.05) is 27.2 Å². The number of allylic oxidation sites excluding steroid dienone is 3. The first-order valence-corrected chi connectivity index (χ1v) is 22.7. The van der Waals surface area contributed by atoms with E-state index in [0.29, 0.717) is 17.4 Å². The molecule has 0 rings (SSSR count). The van der Waals surface area contributed by atoms with Gasteiger partial charge >= 0.3 is 7.82 Å². The van der Waals surface area contributed by atoms with Crippen LogP contribution in [0.5, 0.6) is 0 Å². The van der Waals surface area contributed by atoms with Crippen LogP contribution in [0.3, 0.4) is 0 Å². The van der Waals surface area contributed by atoms with Gasteiger partial charge in [-0.15, -0.1) is 0 Å². The molecule has 1 amide bonds. The fourth-order valence-corrected chi connectivity index (χ4v) is 6.71. The SMILES string of the molecule is CCCCCCCC/C=C\CCCCCC(=O)NC(COP(=O)(O)OCC[N+](C)(C)C)C(O)/C=C/CCCCCCCCCCCCCCCC. The highest BCUT2D eigenvalue weighted by Crippen LogP contribution is 2.43. The van der Waals surface area contributed by atoms with E-state index < -0.39 is 20.0 Å². The first-order chi connectivity index (χ1) is 24.5. The molecule has 0 saturated heterocycles. The van der Waals surface area contributed by atoms with Crippen LogP contribution in [0, 0.1) is 0 Å². The second-order valence-corrected chi connectivity index (χ2v) is 17.2. The Bertz CT molecular complexity index is 891. The first kappa shape index (κ1) is 50.0. The van der Waals surface area contributed by atoms with Gasteiger partial charge < -0.3 is 19.8 Å². The molecule has 9 heteroatoms. The number of amides is 1. The van der Waals surface area contributed by atoms with Gasteiger partial charge in [-0.25, -0.2) is 4.57 Å². The van der Waals surface area contributed by atoms with Crippen molar-refractivity contribution in [3.8, 4) is 0 Å². The smallest absolute Gasteiger partial charge is 0.387 e. The summed E-state index contributed by atoms with van der Waals surface area (Å²) < 4.78 is 23.5. The number of hydrogen-bond acceptors (Lipinski definition) is 5. The number of phosphoric acid groups is 1. The van der Waals surface area contributed by atoms with Crippen LogP contribution in [0.25, 0.3) is 0 Å². The Labute approximate surface area is 315 Å². The number of carbonyl (C=O) groups excluding carboxylic acids is 1. The van der Waals surface area contributed by atoms with Gasteiger partial charge in [-0.05, 0) is 44.9 Å². The molecular formula is C42H84N2O6P+. The number of nitrogens with one attached hydrogen (secondary N) is 1. The average molecular weight is 744 g/mol. The third-order valence-electron chi connectivity index (χ3n) is 9.42. The van der Waals surface area contributed by atoms with Crippen molar-refractivity contribution in [2.75, 3.05) is 40.9 Å². The molecule has 8 nitrogen and oxygen atoms in total. The lowest BCUT2D eigenvalue weighted by Gasteiger charge is -2.25. The third kappa shape index (κ3) is 37.1. The number of unbranched alkanes of at least 4 members (excludes halogenated alkanes) is 23. The van der Waals surface area contributed by atoms with E-state index >= 15 is 0 Å². The average Bonchev–Trinajstić information content (AvgIpc) is 3.07. The number of phosphoric ester groups is 1. The molecule has 3 N–H and O–H groups in total. The van der Waals surface area contributed by atoms with Crippen LogP contribution in [-0.2, 0) is 18.4 Å². The van der Waals surface area contributed by atoms with E-state index in [4.69, 9.17) is 9.05 Å². The van der Waals surface area contributed by atoms with Crippen molar-refractivity contribution in [3.63, 3.8) is 0 Å². The number of likely N-dealkylation sites (N-methyl/N-ethyl adjacent to an activating group) is 1. The summed E-state index contributed by atoms with van der Waals surface area (Å²) in [5, 5.41) is 13.8. The summed E-state index contributed by atoms with van der Waals surface area (Å²) in [4.78, 5) is 23.0. The fourth-order valence-electron chi connectivity index (χ4n) is 5.98. The number of quaternary nitrogens is 1. The Morgan fingerprint density at radius 1 is 0.647 bits per heavy atom. The van der Waals surface area contributed by atoms with Crippen LogP contribution in [-0.4, -0.2) is 73.4 Å². The highest BCUT2D eigenvalue weighted by molar-refractivity contribution is 7.47. The lowest BCUT2D eigenvalue weighted by Crippen LogP contribution is -2.45. The number of aliphatic hydroxyl groups is 1. The minimum atomic E-state index is -4.33. The van der Waals surface area contributed by atoms with E-state index in [1.165, 1.54) is 116 Å². The lowest BCUT2D eigenvalue weighted by molar-refractivity contribution is -0.870. The predicted molar refractivity (Wildman–Crippen MR) is 217 cm³/mol. The zero-order valence-corrected chi connectivity index (χ0v) is 35.0. The highest BCUT2D eigenvalue weighted by atomic mass is 31.2. The standard InChI is InChI=1S/C42H83N2O6P/c1-6-8-10-12-14-16-18-20-21-22-24-25-27-29-31-33-35-41(45)40(39-50-51(47,48)49-38-37-44(3,4)5)43-42(46)36-34-32-30-28-26-23-19-17-15-13-11-9-7-2/h23,26,33,35,40-41,45H,6-22,24-25,27-32,34,36-39H2,1-5H3,(H-,43,46,47,48)/p+1/b26-23-,35-33+. The van der Waals surface area contributed by atoms with E-state index in [2.05, 4.69) is 31.3 Å². The molecule has 0 fully saturated rings. The molecule has 0 radical (unpaired) electrons. The molecule has 0 spiro atoms. The van der Waals surface area contributed by atoms with Gasteiger partial charge in [-0.3, -0.25) is 13.8 Å². The van der Waals surface area contributed by atoms with Crippen molar-refractivity contribution in [1.29, 1.82) is 0 Å². The Morgan fingerprint density at radius 3 is 1.51 bits per heavy atom. The number of aliphatic hydroxyl groups excluding tert-OH is 1. The number of rotatable bonds is 38. The van der Waals surface area contributed by atoms with E-state index in [-0.39, 0.29) is 19.1 Å². The third-order valence-corrected chi connectivity index (χ3v) is 10.4. The molecule has 0 aliphatic carbocycles. The summed E-state index contributed by atoms with van der Waals surface area (Å²) in [6, 6.07) is -0.850. The molecule has 51 heavy (non-hydrogen) atoms. The lowest BCUT2D eigenvalue weighted by atomic mass is 10.0. The van der Waals surface area contributed by atoms with Gasteiger partial charge in [0.2, 0.25) is 5.91 Å². The van der Waals surface area contributed by atoms with Gasteiger partial charge in [0.05, 0.1) is 39.9 Å². The van der Waals surface area contributed by atoms with Crippen LogP contribution in [0.4, 0.5) is 0 Å².